The maximum Gasteiger partial charge on any atom is 0.150 e. The van der Waals surface area contributed by atoms with Crippen molar-refractivity contribution < 1.29 is 85.1 Å². The van der Waals surface area contributed by atoms with Crippen LogP contribution in [0.5, 0.6) is 57.5 Å². The average molecular weight is 1620 g/mol. The Labute approximate surface area is 665 Å². The zero-order valence-corrected chi connectivity index (χ0v) is 70.7. The topological polar surface area (TPSA) is 220 Å². The summed E-state index contributed by atoms with van der Waals surface area (Å²) < 4.78 is 171. The third kappa shape index (κ3) is 31.2. The second-order valence-electron chi connectivity index (χ2n) is 23.4. The molecule has 584 valence electrons. The molecule has 0 radical (unpaired) electrons. The number of aryl methyl sites for hydroxylation is 3. The summed E-state index contributed by atoms with van der Waals surface area (Å²) in [6.45, 7) is 15.9. The lowest BCUT2D eigenvalue weighted by Crippen LogP contribution is -2.13. The summed E-state index contributed by atoms with van der Waals surface area (Å²) in [5, 5.41) is 1.90. The van der Waals surface area contributed by atoms with E-state index in [1.54, 1.807) is 159 Å². The lowest BCUT2D eigenvalue weighted by molar-refractivity contribution is 0.112. The van der Waals surface area contributed by atoms with Crippen molar-refractivity contribution in [3.63, 3.8) is 0 Å². The van der Waals surface area contributed by atoms with Crippen LogP contribution in [0.4, 0.5) is 0 Å². The molecule has 0 spiro atoms. The summed E-state index contributed by atoms with van der Waals surface area (Å²) in [4.78, 5) is 15.3. The van der Waals surface area contributed by atoms with E-state index in [9.17, 15) is 34.3 Å². The van der Waals surface area contributed by atoms with Crippen molar-refractivity contribution in [1.29, 1.82) is 0 Å². The Morgan fingerprint density at radius 1 is 0.361 bits per heavy atom. The van der Waals surface area contributed by atoms with Crippen molar-refractivity contribution in [2.24, 2.45) is 0 Å². The predicted molar refractivity (Wildman–Crippen MR) is 446 cm³/mol. The first-order valence-electron chi connectivity index (χ1n) is 35.9. The molecule has 0 aliphatic carbocycles. The van der Waals surface area contributed by atoms with Crippen LogP contribution in [0.1, 0.15) is 82.4 Å². The zero-order valence-electron chi connectivity index (χ0n) is 71.0. The molecular weight excluding hydrogens is 1510 g/mol. The van der Waals surface area contributed by atoms with E-state index in [1.165, 1.54) is 35.0 Å². The lowest BCUT2D eigenvalue weighted by atomic mass is 9.86. The van der Waals surface area contributed by atoms with Gasteiger partial charge in [0.05, 0.1) is 116 Å². The van der Waals surface area contributed by atoms with Crippen LogP contribution in [0.15, 0.2) is 241 Å². The van der Waals surface area contributed by atoms with Crippen molar-refractivity contribution >= 4 is 92.7 Å². The van der Waals surface area contributed by atoms with Crippen LogP contribution in [0.25, 0.3) is 10.8 Å². The normalized spacial score (nSPS) is 14.8. The van der Waals surface area contributed by atoms with E-state index in [1.807, 2.05) is 136 Å². The number of para-hydroxylation sites is 1. The highest BCUT2D eigenvalue weighted by Crippen LogP contribution is 2.34. The van der Waals surface area contributed by atoms with Gasteiger partial charge in [-0.2, -0.15) is 0 Å². The molecular formula is C84H104O17S7. The second kappa shape index (κ2) is 49.4. The molecule has 7 unspecified atom stereocenters. The highest BCUT2D eigenvalue weighted by atomic mass is 32.2. The van der Waals surface area contributed by atoms with Crippen molar-refractivity contribution in [2.75, 3.05) is 99.0 Å². The molecule has 0 aliphatic heterocycles. The largest absolute Gasteiger partial charge is 0.497 e. The molecule has 0 heterocycles. The fourth-order valence-corrected chi connectivity index (χ4v) is 14.2. The Kier molecular flexibility index (Phi) is 38.2. The van der Waals surface area contributed by atoms with E-state index in [0.29, 0.717) is 59.6 Å². The Bertz CT molecular complexity index is 4840. The fourth-order valence-electron chi connectivity index (χ4n) is 9.48. The number of rotatable bonds is 21. The SMILES string of the molecule is COc1cc(S(C)=O)ccc1C(C)(C)C.COc1ccc(C)c(S([13CH3])=O)c1.COc1ccc(C=O)c2ccccc12.COc1ccc(S(C)=O)c(Oc2ccccc2)c1.COc1cccc(S(C)=O)c1.[1H][13C@@]([2H])(C)S(=O)c1c(C)cc(OC)cc1C.[1H][C@@]([2H])(C)S(=O)c1cccc(OC)c1.[1H][C@@]([2H])(C)S(=O)c1cccc(OC)c1. The summed E-state index contributed by atoms with van der Waals surface area (Å²) in [7, 11) is 3.78. The number of benzene rings is 10. The van der Waals surface area contributed by atoms with Crippen LogP contribution in [0, 0.1) is 20.8 Å². The number of hydrogen-bond acceptors (Lipinski definition) is 17. The molecule has 10 aromatic rings. The smallest absolute Gasteiger partial charge is 0.150 e. The molecule has 0 aliphatic rings. The summed E-state index contributed by atoms with van der Waals surface area (Å²) in [6.07, 6.45) is 7.48. The van der Waals surface area contributed by atoms with E-state index in [-0.39, 0.29) is 5.41 Å². The molecule has 0 N–H and O–H groups in total. The third-order valence-electron chi connectivity index (χ3n) is 15.0. The second-order valence-corrected chi connectivity index (χ2v) is 33.0. The van der Waals surface area contributed by atoms with Gasteiger partial charge in [0.25, 0.3) is 0 Å². The van der Waals surface area contributed by atoms with Crippen molar-refractivity contribution in [3.8, 4) is 57.5 Å². The predicted octanol–water partition coefficient (Wildman–Crippen LogP) is 17.9. The Balaban J connectivity index is 0.000000338. The van der Waals surface area contributed by atoms with Crippen LogP contribution in [-0.2, 0) is 81.0 Å². The molecule has 0 saturated heterocycles. The first-order chi connectivity index (χ1) is 53.5. The standard InChI is InChI=1S/C14H14O3S.C12H18O2S.C12H10O2.C11H16O2S.3C9H12O2S.C8H10O2S/c1-16-12-8-9-14(18(2)15)13(10-12)17-11-6-4-3-5-7-11;1-12(2,3)10-7-6-9(15(5)13)8-11(10)14-4;1-14-12-7-6-9(8-13)10-4-2-3-5-11(10)12;1-5-14(12)11-8(2)6-10(13-4)7-9(11)3;1-7-4-5-8(11-2)6-9(7)12(3)10;2*1-3-12(10)9-6-4-5-8(7-9)11-2;1-10-7-4-3-5-8(6-7)11(2)9/h3-10H,1-2H3;6-8H,1-5H3;2-8H,1H3;6-7H,5H2,1-4H3;4-6H,1-3H3;2*4-7H,3H2,1-2H3;3-6H,1-2H3/i;;;5+1DH;3+1;2*3DH;/t;;;5-,14?;;2*3-,12?;/m...1.11./s1. The van der Waals surface area contributed by atoms with Crippen molar-refractivity contribution in [2.45, 2.75) is 102 Å². The number of methoxy groups -OCH3 is 8. The minimum Gasteiger partial charge on any atom is -0.497 e. The van der Waals surface area contributed by atoms with Crippen molar-refractivity contribution in [3.05, 3.63) is 234 Å². The van der Waals surface area contributed by atoms with Gasteiger partial charge in [-0.15, -0.1) is 0 Å². The van der Waals surface area contributed by atoms with E-state index in [4.69, 9.17) is 50.9 Å². The first kappa shape index (κ1) is 83.4. The van der Waals surface area contributed by atoms with Gasteiger partial charge in [-0.3, -0.25) is 34.3 Å². The highest BCUT2D eigenvalue weighted by molar-refractivity contribution is 7.86. The van der Waals surface area contributed by atoms with Gasteiger partial charge in [-0.25, -0.2) is 0 Å². The van der Waals surface area contributed by atoms with Gasteiger partial charge in [0.15, 0.2) is 6.29 Å². The van der Waals surface area contributed by atoms with E-state index in [2.05, 4.69) is 20.8 Å². The van der Waals surface area contributed by atoms with Crippen LogP contribution < -0.4 is 42.6 Å². The van der Waals surface area contributed by atoms with Crippen LogP contribution in [0.3, 0.4) is 0 Å². The summed E-state index contributed by atoms with van der Waals surface area (Å²) in [6, 6.07) is 61.3. The maximum atomic E-state index is 12.0. The van der Waals surface area contributed by atoms with Gasteiger partial charge in [-0.1, -0.05) is 114 Å². The molecule has 0 saturated carbocycles. The molecule has 10 atom stereocenters. The number of carbonyl (C=O) groups excluding carboxylic acids is 1. The molecule has 10 aromatic carbocycles. The average Bonchev–Trinajstić information content (AvgIpc) is 0.804. The van der Waals surface area contributed by atoms with Gasteiger partial charge in [0.2, 0.25) is 0 Å². The minimum atomic E-state index is -1.73. The first-order valence-corrected chi connectivity index (χ1v) is 42.6. The maximum absolute atomic E-state index is 12.0. The van der Waals surface area contributed by atoms with Crippen LogP contribution in [0.2, 0.25) is 0 Å². The number of hydrogen-bond donors (Lipinski definition) is 0. The molecule has 17 nitrogen and oxygen atoms in total. The van der Waals surface area contributed by atoms with Crippen LogP contribution in [-0.4, -0.2) is 135 Å². The van der Waals surface area contributed by atoms with Gasteiger partial charge in [0, 0.05) is 118 Å². The molecule has 0 bridgehead atoms. The fraction of sp³-hybridized carbons (Fsp3) is 0.298. The number of fused-ring (bicyclic) bond motifs is 1. The summed E-state index contributed by atoms with van der Waals surface area (Å²) in [5.74, 6) is 6.92. The van der Waals surface area contributed by atoms with E-state index in [0.717, 1.165) is 77.0 Å². The monoisotopic (exact) mass is 1610 g/mol. The molecule has 0 fully saturated rings. The molecule has 108 heavy (non-hydrogen) atoms. The van der Waals surface area contributed by atoms with Gasteiger partial charge < -0.3 is 42.6 Å². The number of ether oxygens (including phenoxy) is 9. The molecule has 0 amide bonds. The van der Waals surface area contributed by atoms with Crippen LogP contribution >= 0.6 is 0 Å². The van der Waals surface area contributed by atoms with E-state index >= 15 is 0 Å². The van der Waals surface area contributed by atoms with Gasteiger partial charge in [-0.05, 0) is 181 Å². The van der Waals surface area contributed by atoms with Gasteiger partial charge >= 0.3 is 0 Å². The number of carbonyl (C=O) groups is 1. The van der Waals surface area contributed by atoms with E-state index < -0.39 is 92.7 Å². The molecule has 0 aromatic heterocycles. The quantitative estimate of drug-likeness (QED) is 0.0482. The molecule has 24 heteroatoms. The summed E-state index contributed by atoms with van der Waals surface area (Å²) >= 11 is 0. The minimum absolute atomic E-state index is 0.0408. The highest BCUT2D eigenvalue weighted by Gasteiger charge is 2.20. The zero-order chi connectivity index (χ0) is 86.0. The lowest BCUT2D eigenvalue weighted by Gasteiger charge is -2.22. The van der Waals surface area contributed by atoms with Crippen molar-refractivity contribution in [1.82, 2.24) is 0 Å². The summed E-state index contributed by atoms with van der Waals surface area (Å²) in [5.41, 5.74) is -0.693. The number of aldehydes is 1. The Morgan fingerprint density at radius 3 is 1.21 bits per heavy atom. The molecule has 10 rings (SSSR count). The van der Waals surface area contributed by atoms with Gasteiger partial charge in [0.1, 0.15) is 57.5 Å². The Morgan fingerprint density at radius 2 is 0.778 bits per heavy atom. The Hall–Kier alpha value is -8.62. The third-order valence-corrected chi connectivity index (χ3v) is 22.4.